The van der Waals surface area contributed by atoms with Gasteiger partial charge in [0.05, 0.1) is 12.1 Å². The van der Waals surface area contributed by atoms with E-state index in [2.05, 4.69) is 10.6 Å². The minimum Gasteiger partial charge on any atom is -0.393 e. The molecule has 20 heavy (non-hydrogen) atoms. The van der Waals surface area contributed by atoms with Crippen LogP contribution in [0, 0.1) is 6.92 Å². The van der Waals surface area contributed by atoms with Gasteiger partial charge >= 0.3 is 6.03 Å². The topological polar surface area (TPSA) is 61.4 Å². The number of urea groups is 1. The monoisotopic (exact) mass is 276 g/mol. The van der Waals surface area contributed by atoms with Crippen LogP contribution in [0.4, 0.5) is 4.79 Å². The molecule has 110 valence electrons. The molecule has 4 heteroatoms. The molecule has 1 saturated carbocycles. The maximum Gasteiger partial charge on any atom is 0.315 e. The predicted molar refractivity (Wildman–Crippen MR) is 79.5 cm³/mol. The molecule has 0 spiro atoms. The van der Waals surface area contributed by atoms with Crippen LogP contribution >= 0.6 is 0 Å². The van der Waals surface area contributed by atoms with E-state index in [1.54, 1.807) is 0 Å². The van der Waals surface area contributed by atoms with Gasteiger partial charge in [-0.2, -0.15) is 0 Å². The highest BCUT2D eigenvalue weighted by Gasteiger charge is 2.21. The quantitative estimate of drug-likeness (QED) is 0.795. The fourth-order valence-electron chi connectivity index (χ4n) is 2.79. The second kappa shape index (κ2) is 6.75. The van der Waals surface area contributed by atoms with Gasteiger partial charge in [0.15, 0.2) is 0 Å². The van der Waals surface area contributed by atoms with Crippen molar-refractivity contribution in [1.29, 1.82) is 0 Å². The fourth-order valence-corrected chi connectivity index (χ4v) is 2.79. The minimum absolute atomic E-state index is 0.00891. The summed E-state index contributed by atoms with van der Waals surface area (Å²) in [6, 6.07) is 8.13. The molecule has 1 atom stereocenters. The Morgan fingerprint density at radius 3 is 2.55 bits per heavy atom. The third-order valence-corrected chi connectivity index (χ3v) is 4.03. The molecule has 0 aliphatic heterocycles. The van der Waals surface area contributed by atoms with Crippen molar-refractivity contribution in [1.82, 2.24) is 10.6 Å². The highest BCUT2D eigenvalue weighted by molar-refractivity contribution is 5.74. The molecule has 2 amide bonds. The van der Waals surface area contributed by atoms with E-state index in [9.17, 15) is 9.90 Å². The summed E-state index contributed by atoms with van der Waals surface area (Å²) in [6.07, 6.45) is 3.07. The van der Waals surface area contributed by atoms with Crippen LogP contribution in [-0.4, -0.2) is 23.3 Å². The van der Waals surface area contributed by atoms with E-state index < -0.39 is 0 Å². The maximum atomic E-state index is 12.0. The molecule has 0 heterocycles. The van der Waals surface area contributed by atoms with Gasteiger partial charge in [-0.05, 0) is 50.7 Å². The molecule has 4 nitrogen and oxygen atoms in total. The molecule has 0 radical (unpaired) electrons. The Kier molecular flexibility index (Phi) is 5.01. The highest BCUT2D eigenvalue weighted by atomic mass is 16.3. The summed E-state index contributed by atoms with van der Waals surface area (Å²) in [5.74, 6) is 0. The van der Waals surface area contributed by atoms with Crippen molar-refractivity contribution in [3.05, 3.63) is 35.4 Å². The first kappa shape index (κ1) is 14.9. The summed E-state index contributed by atoms with van der Waals surface area (Å²) in [5.41, 5.74) is 2.32. The lowest BCUT2D eigenvalue weighted by atomic mass is 9.93. The second-order valence-electron chi connectivity index (χ2n) is 5.70. The fraction of sp³-hybridized carbons (Fsp3) is 0.562. The Labute approximate surface area is 120 Å². The van der Waals surface area contributed by atoms with Crippen molar-refractivity contribution >= 4 is 6.03 Å². The second-order valence-corrected chi connectivity index (χ2v) is 5.70. The minimum atomic E-state index is -0.193. The van der Waals surface area contributed by atoms with Crippen molar-refractivity contribution < 1.29 is 9.90 Å². The van der Waals surface area contributed by atoms with Crippen molar-refractivity contribution in [3.8, 4) is 0 Å². The number of carbonyl (C=O) groups excluding carboxylic acids is 1. The van der Waals surface area contributed by atoms with Crippen LogP contribution in [-0.2, 0) is 0 Å². The van der Waals surface area contributed by atoms with Crippen LogP contribution in [0.25, 0.3) is 0 Å². The van der Waals surface area contributed by atoms with E-state index in [0.29, 0.717) is 0 Å². The predicted octanol–water partition coefficient (Wildman–Crippen LogP) is 2.66. The SMILES string of the molecule is Cc1ccccc1C(C)NC(=O)NC1CCC(O)CC1. The molecule has 1 aliphatic rings. The van der Waals surface area contributed by atoms with Crippen LogP contribution in [0.3, 0.4) is 0 Å². The summed E-state index contributed by atoms with van der Waals surface area (Å²) in [6.45, 7) is 4.04. The van der Waals surface area contributed by atoms with Gasteiger partial charge in [-0.3, -0.25) is 0 Å². The Hall–Kier alpha value is -1.55. The van der Waals surface area contributed by atoms with Gasteiger partial charge < -0.3 is 15.7 Å². The van der Waals surface area contributed by atoms with Gasteiger partial charge in [0.25, 0.3) is 0 Å². The van der Waals surface area contributed by atoms with E-state index in [4.69, 9.17) is 0 Å². The first-order chi connectivity index (χ1) is 9.56. The van der Waals surface area contributed by atoms with Crippen LogP contribution in [0.5, 0.6) is 0 Å². The van der Waals surface area contributed by atoms with Gasteiger partial charge in [0.2, 0.25) is 0 Å². The van der Waals surface area contributed by atoms with Crippen LogP contribution < -0.4 is 10.6 Å². The molecule has 2 rings (SSSR count). The van der Waals surface area contributed by atoms with Gasteiger partial charge in [0, 0.05) is 6.04 Å². The van der Waals surface area contributed by atoms with E-state index in [-0.39, 0.29) is 24.2 Å². The van der Waals surface area contributed by atoms with E-state index in [1.165, 1.54) is 5.56 Å². The Balaban J connectivity index is 1.84. The largest absolute Gasteiger partial charge is 0.393 e. The molecule has 0 aromatic heterocycles. The molecule has 1 fully saturated rings. The lowest BCUT2D eigenvalue weighted by molar-refractivity contribution is 0.117. The Morgan fingerprint density at radius 1 is 1.25 bits per heavy atom. The summed E-state index contributed by atoms with van der Waals surface area (Å²) >= 11 is 0. The summed E-state index contributed by atoms with van der Waals surface area (Å²) in [4.78, 5) is 12.0. The summed E-state index contributed by atoms with van der Waals surface area (Å²) in [5, 5.41) is 15.4. The molecule has 1 aliphatic carbocycles. The standard InChI is InChI=1S/C16H24N2O2/c1-11-5-3-4-6-15(11)12(2)17-16(20)18-13-7-9-14(19)10-8-13/h3-6,12-14,19H,7-10H2,1-2H3,(H2,17,18,20). The number of carbonyl (C=O) groups is 1. The number of aliphatic hydroxyl groups excluding tert-OH is 1. The number of amides is 2. The van der Waals surface area contributed by atoms with Gasteiger partial charge in [-0.25, -0.2) is 4.79 Å². The number of aryl methyl sites for hydroxylation is 1. The van der Waals surface area contributed by atoms with Gasteiger partial charge in [0.1, 0.15) is 0 Å². The zero-order valence-electron chi connectivity index (χ0n) is 12.2. The third-order valence-electron chi connectivity index (χ3n) is 4.03. The number of aliphatic hydroxyl groups is 1. The normalized spacial score (nSPS) is 23.9. The van der Waals surface area contributed by atoms with Crippen molar-refractivity contribution in [3.63, 3.8) is 0 Å². The van der Waals surface area contributed by atoms with Crippen LogP contribution in [0.15, 0.2) is 24.3 Å². The third kappa shape index (κ3) is 3.97. The van der Waals surface area contributed by atoms with Gasteiger partial charge in [-0.15, -0.1) is 0 Å². The number of rotatable bonds is 3. The zero-order chi connectivity index (χ0) is 14.5. The van der Waals surface area contributed by atoms with Crippen molar-refractivity contribution in [2.45, 2.75) is 57.7 Å². The Bertz CT molecular complexity index is 454. The molecule has 0 bridgehead atoms. The van der Waals surface area contributed by atoms with E-state index >= 15 is 0 Å². The molecule has 1 unspecified atom stereocenters. The lowest BCUT2D eigenvalue weighted by Gasteiger charge is -2.27. The zero-order valence-corrected chi connectivity index (χ0v) is 12.2. The van der Waals surface area contributed by atoms with Gasteiger partial charge in [-0.1, -0.05) is 24.3 Å². The molecule has 1 aromatic rings. The molecule has 0 saturated heterocycles. The number of hydrogen-bond donors (Lipinski definition) is 3. The Morgan fingerprint density at radius 2 is 1.90 bits per heavy atom. The molecular formula is C16H24N2O2. The highest BCUT2D eigenvalue weighted by Crippen LogP contribution is 2.19. The average Bonchev–Trinajstić information content (AvgIpc) is 2.41. The van der Waals surface area contributed by atoms with Crippen molar-refractivity contribution in [2.24, 2.45) is 0 Å². The number of benzene rings is 1. The average molecular weight is 276 g/mol. The summed E-state index contributed by atoms with van der Waals surface area (Å²) in [7, 11) is 0. The lowest BCUT2D eigenvalue weighted by Crippen LogP contribution is -2.44. The summed E-state index contributed by atoms with van der Waals surface area (Å²) < 4.78 is 0. The van der Waals surface area contributed by atoms with Crippen LogP contribution in [0.1, 0.15) is 49.8 Å². The first-order valence-electron chi connectivity index (χ1n) is 7.37. The maximum absolute atomic E-state index is 12.0. The van der Waals surface area contributed by atoms with Crippen LogP contribution in [0.2, 0.25) is 0 Å². The molecule has 1 aromatic carbocycles. The van der Waals surface area contributed by atoms with E-state index in [0.717, 1.165) is 31.2 Å². The van der Waals surface area contributed by atoms with Crippen molar-refractivity contribution in [2.75, 3.05) is 0 Å². The number of hydrogen-bond acceptors (Lipinski definition) is 2. The number of nitrogens with one attached hydrogen (secondary N) is 2. The smallest absolute Gasteiger partial charge is 0.315 e. The van der Waals surface area contributed by atoms with E-state index in [1.807, 2.05) is 38.1 Å². The molecular weight excluding hydrogens is 252 g/mol. The molecule has 3 N–H and O–H groups in total. The first-order valence-corrected chi connectivity index (χ1v) is 7.37.